The van der Waals surface area contributed by atoms with Gasteiger partial charge >= 0.3 is 12.1 Å². The molecule has 0 bridgehead atoms. The lowest BCUT2D eigenvalue weighted by Crippen LogP contribution is -2.48. The second-order valence-electron chi connectivity index (χ2n) is 7.84. The van der Waals surface area contributed by atoms with Crippen molar-refractivity contribution in [2.45, 2.75) is 31.7 Å². The highest BCUT2D eigenvalue weighted by molar-refractivity contribution is 5.97. The van der Waals surface area contributed by atoms with E-state index in [2.05, 4.69) is 20.4 Å². The molecule has 0 aliphatic rings. The first-order chi connectivity index (χ1) is 16.6. The van der Waals surface area contributed by atoms with Gasteiger partial charge in [-0.15, -0.1) is 0 Å². The van der Waals surface area contributed by atoms with Crippen LogP contribution in [0.15, 0.2) is 66.9 Å². The highest BCUT2D eigenvalue weighted by Gasteiger charge is 2.30. The van der Waals surface area contributed by atoms with Crippen LogP contribution in [0.25, 0.3) is 0 Å². The van der Waals surface area contributed by atoms with Gasteiger partial charge in [0.05, 0.1) is 18.8 Å². The van der Waals surface area contributed by atoms with E-state index in [0.29, 0.717) is 17.1 Å². The molecular formula is C25H24F3N3O4. The van der Waals surface area contributed by atoms with Crippen LogP contribution < -0.4 is 10.6 Å². The van der Waals surface area contributed by atoms with Gasteiger partial charge in [-0.3, -0.25) is 4.79 Å². The number of halogens is 3. The number of aliphatic hydroxyl groups excluding tert-OH is 1. The molecule has 0 unspecified atom stereocenters. The molecule has 7 nitrogen and oxygen atoms in total. The maximum absolute atomic E-state index is 13.0. The van der Waals surface area contributed by atoms with E-state index < -0.39 is 35.8 Å². The highest BCUT2D eigenvalue weighted by Crippen LogP contribution is 2.30. The SMILES string of the molecule is COC(=O)[C@H](NC(=O)c1cccc(Nc2cc(Cc3cccc(C(F)(F)F)c3)ccn2)c1)[C@@H](C)O. The Bertz CT molecular complexity index is 1200. The Morgan fingerprint density at radius 3 is 2.46 bits per heavy atom. The van der Waals surface area contributed by atoms with Crippen molar-refractivity contribution in [1.82, 2.24) is 10.3 Å². The van der Waals surface area contributed by atoms with Crippen LogP contribution in [0.2, 0.25) is 0 Å². The number of anilines is 2. The Balaban J connectivity index is 1.73. The van der Waals surface area contributed by atoms with Crippen molar-refractivity contribution in [3.63, 3.8) is 0 Å². The second kappa shape index (κ2) is 11.0. The van der Waals surface area contributed by atoms with Gasteiger partial charge < -0.3 is 20.5 Å². The van der Waals surface area contributed by atoms with Gasteiger partial charge in [0.2, 0.25) is 0 Å². The van der Waals surface area contributed by atoms with Gasteiger partial charge in [-0.2, -0.15) is 13.2 Å². The normalized spacial score (nSPS) is 13.0. The summed E-state index contributed by atoms with van der Waals surface area (Å²) in [6, 6.07) is 13.7. The van der Waals surface area contributed by atoms with E-state index in [1.807, 2.05) is 0 Å². The van der Waals surface area contributed by atoms with Gasteiger partial charge in [0.15, 0.2) is 6.04 Å². The van der Waals surface area contributed by atoms with Crippen molar-refractivity contribution in [2.24, 2.45) is 0 Å². The Kier molecular flexibility index (Phi) is 8.08. The van der Waals surface area contributed by atoms with E-state index in [0.717, 1.165) is 24.8 Å². The Morgan fingerprint density at radius 2 is 1.77 bits per heavy atom. The zero-order valence-corrected chi connectivity index (χ0v) is 19.0. The number of carbonyl (C=O) groups excluding carboxylic acids is 2. The average Bonchev–Trinajstić information content (AvgIpc) is 2.81. The molecule has 0 spiro atoms. The fraction of sp³-hybridized carbons (Fsp3) is 0.240. The highest BCUT2D eigenvalue weighted by atomic mass is 19.4. The first-order valence-electron chi connectivity index (χ1n) is 10.6. The molecule has 3 N–H and O–H groups in total. The molecule has 184 valence electrons. The van der Waals surface area contributed by atoms with Crippen molar-refractivity contribution in [2.75, 3.05) is 12.4 Å². The number of aliphatic hydroxyl groups is 1. The van der Waals surface area contributed by atoms with E-state index in [4.69, 9.17) is 0 Å². The van der Waals surface area contributed by atoms with Gasteiger partial charge in [-0.05, 0) is 60.9 Å². The number of carbonyl (C=O) groups is 2. The number of pyridine rings is 1. The molecule has 1 heterocycles. The number of aromatic nitrogens is 1. The van der Waals surface area contributed by atoms with Crippen LogP contribution in [0.5, 0.6) is 0 Å². The lowest BCUT2D eigenvalue weighted by Gasteiger charge is -2.19. The molecule has 0 radical (unpaired) electrons. The summed E-state index contributed by atoms with van der Waals surface area (Å²) < 4.78 is 43.6. The summed E-state index contributed by atoms with van der Waals surface area (Å²) in [7, 11) is 1.16. The third-order valence-corrected chi connectivity index (χ3v) is 5.11. The average molecular weight is 487 g/mol. The number of amides is 1. The summed E-state index contributed by atoms with van der Waals surface area (Å²) >= 11 is 0. The van der Waals surface area contributed by atoms with Gasteiger partial charge in [-0.1, -0.05) is 24.3 Å². The predicted octanol–water partition coefficient (Wildman–Crippen LogP) is 4.09. The van der Waals surface area contributed by atoms with Crippen molar-refractivity contribution >= 4 is 23.4 Å². The number of methoxy groups -OCH3 is 1. The minimum absolute atomic E-state index is 0.227. The van der Waals surface area contributed by atoms with Gasteiger partial charge in [0, 0.05) is 17.4 Å². The second-order valence-corrected chi connectivity index (χ2v) is 7.84. The van der Waals surface area contributed by atoms with E-state index in [1.54, 1.807) is 30.3 Å². The summed E-state index contributed by atoms with van der Waals surface area (Å²) in [5.41, 5.74) is 1.29. The molecule has 3 aromatic rings. The number of nitrogens with one attached hydrogen (secondary N) is 2. The van der Waals surface area contributed by atoms with Crippen LogP contribution in [0.4, 0.5) is 24.7 Å². The molecule has 10 heteroatoms. The summed E-state index contributed by atoms with van der Waals surface area (Å²) in [5.74, 6) is -0.927. The molecule has 1 aromatic heterocycles. The largest absolute Gasteiger partial charge is 0.467 e. The van der Waals surface area contributed by atoms with E-state index in [-0.39, 0.29) is 12.0 Å². The minimum atomic E-state index is -4.41. The molecule has 0 aliphatic heterocycles. The van der Waals surface area contributed by atoms with Crippen LogP contribution in [-0.2, 0) is 22.1 Å². The van der Waals surface area contributed by atoms with Gasteiger partial charge in [-0.25, -0.2) is 9.78 Å². The van der Waals surface area contributed by atoms with Crippen molar-refractivity contribution < 1.29 is 32.6 Å². The molecule has 0 saturated carbocycles. The number of rotatable bonds is 8. The van der Waals surface area contributed by atoms with Crippen LogP contribution in [0, 0.1) is 0 Å². The van der Waals surface area contributed by atoms with Crippen LogP contribution in [0.3, 0.4) is 0 Å². The third-order valence-electron chi connectivity index (χ3n) is 5.11. The van der Waals surface area contributed by atoms with Crippen molar-refractivity contribution in [3.8, 4) is 0 Å². The molecule has 0 aliphatic carbocycles. The van der Waals surface area contributed by atoms with Crippen LogP contribution in [0.1, 0.15) is 34.0 Å². The number of alkyl halides is 3. The quantitative estimate of drug-likeness (QED) is 0.414. The molecule has 3 rings (SSSR count). The number of nitrogens with zero attached hydrogens (tertiary/aromatic N) is 1. The van der Waals surface area contributed by atoms with Gasteiger partial charge in [0.1, 0.15) is 5.82 Å². The summed E-state index contributed by atoms with van der Waals surface area (Å²) in [4.78, 5) is 28.6. The summed E-state index contributed by atoms with van der Waals surface area (Å²) in [6.07, 6.45) is -3.76. The Labute approximate surface area is 200 Å². The van der Waals surface area contributed by atoms with Gasteiger partial charge in [0.25, 0.3) is 5.91 Å². The molecule has 0 saturated heterocycles. The minimum Gasteiger partial charge on any atom is -0.467 e. The molecule has 35 heavy (non-hydrogen) atoms. The van der Waals surface area contributed by atoms with Crippen LogP contribution >= 0.6 is 0 Å². The molecule has 0 fully saturated rings. The lowest BCUT2D eigenvalue weighted by molar-refractivity contribution is -0.145. The molecule has 1 amide bonds. The number of esters is 1. The van der Waals surface area contributed by atoms with Crippen molar-refractivity contribution in [1.29, 1.82) is 0 Å². The maximum Gasteiger partial charge on any atom is 0.416 e. The lowest BCUT2D eigenvalue weighted by atomic mass is 10.0. The monoisotopic (exact) mass is 487 g/mol. The zero-order valence-electron chi connectivity index (χ0n) is 19.0. The Morgan fingerprint density at radius 1 is 1.06 bits per heavy atom. The van der Waals surface area contributed by atoms with E-state index in [1.165, 1.54) is 31.3 Å². The van der Waals surface area contributed by atoms with E-state index in [9.17, 15) is 27.9 Å². The topological polar surface area (TPSA) is 101 Å². The number of hydrogen-bond donors (Lipinski definition) is 3. The fourth-order valence-corrected chi connectivity index (χ4v) is 3.36. The standard InChI is InChI=1S/C25H24F3N3O4/c1-15(32)22(24(34)35-2)31-23(33)18-6-4-8-20(14-18)30-21-13-17(9-10-29-21)11-16-5-3-7-19(12-16)25(26,27)28/h3-10,12-15,22,32H,11H2,1-2H3,(H,29,30)(H,31,33)/t15-,22-/m1/s1. The first-order valence-corrected chi connectivity index (χ1v) is 10.6. The molecule has 2 aromatic carbocycles. The maximum atomic E-state index is 13.0. The zero-order chi connectivity index (χ0) is 25.6. The molecular weight excluding hydrogens is 463 g/mol. The smallest absolute Gasteiger partial charge is 0.416 e. The first kappa shape index (κ1) is 25.7. The van der Waals surface area contributed by atoms with E-state index >= 15 is 0 Å². The van der Waals surface area contributed by atoms with Crippen molar-refractivity contribution in [3.05, 3.63) is 89.1 Å². The van der Waals surface area contributed by atoms with Crippen LogP contribution in [-0.4, -0.2) is 41.2 Å². The predicted molar refractivity (Wildman–Crippen MR) is 123 cm³/mol. The number of hydrogen-bond acceptors (Lipinski definition) is 6. The number of benzene rings is 2. The Hall–Kier alpha value is -3.92. The fourth-order valence-electron chi connectivity index (χ4n) is 3.36. The summed E-state index contributed by atoms with van der Waals surface area (Å²) in [6.45, 7) is 1.36. The number of ether oxygens (including phenoxy) is 1. The third kappa shape index (κ3) is 7.03. The molecule has 2 atom stereocenters. The summed E-state index contributed by atoms with van der Waals surface area (Å²) in [5, 5.41) is 15.3.